The van der Waals surface area contributed by atoms with Gasteiger partial charge >= 0.3 is 0 Å². The van der Waals surface area contributed by atoms with Crippen LogP contribution in [0.2, 0.25) is 0 Å². The number of Topliss-reactive ketones (excluding diaryl/α,β-unsaturated/α-hetero) is 1. The number of allylic oxidation sites excluding steroid dienone is 2. The molecule has 0 bridgehead atoms. The van der Waals surface area contributed by atoms with Crippen molar-refractivity contribution in [3.05, 3.63) is 101 Å². The number of hydrogen-bond acceptors (Lipinski definition) is 6. The fourth-order valence-corrected chi connectivity index (χ4v) is 5.57. The average molecular weight is 479 g/mol. The molecule has 6 nitrogen and oxygen atoms in total. The molecule has 180 valence electrons. The summed E-state index contributed by atoms with van der Waals surface area (Å²) in [6.45, 7) is 0. The van der Waals surface area contributed by atoms with E-state index >= 15 is 0 Å². The van der Waals surface area contributed by atoms with E-state index in [1.807, 2.05) is 54.6 Å². The van der Waals surface area contributed by atoms with Crippen molar-refractivity contribution < 1.29 is 19.4 Å². The van der Waals surface area contributed by atoms with Gasteiger partial charge < -0.3 is 19.9 Å². The predicted molar refractivity (Wildman–Crippen MR) is 139 cm³/mol. The number of carbonyl (C=O) groups is 1. The molecule has 6 heteroatoms. The van der Waals surface area contributed by atoms with Crippen LogP contribution in [0.1, 0.15) is 41.4 Å². The second-order valence-corrected chi connectivity index (χ2v) is 9.28. The molecule has 6 rings (SSSR count). The molecule has 3 aromatic carbocycles. The van der Waals surface area contributed by atoms with Crippen LogP contribution in [0.3, 0.4) is 0 Å². The molecule has 0 spiro atoms. The summed E-state index contributed by atoms with van der Waals surface area (Å²) in [4.78, 5) is 18.3. The number of aromatic hydroxyl groups is 1. The second kappa shape index (κ2) is 8.72. The van der Waals surface area contributed by atoms with Crippen molar-refractivity contribution in [2.24, 2.45) is 0 Å². The van der Waals surface area contributed by atoms with Gasteiger partial charge in [0.15, 0.2) is 17.3 Å². The number of fused-ring (bicyclic) bond motifs is 3. The molecule has 0 fully saturated rings. The molecular weight excluding hydrogens is 452 g/mol. The first-order valence-electron chi connectivity index (χ1n) is 12.0. The van der Waals surface area contributed by atoms with E-state index in [9.17, 15) is 9.90 Å². The van der Waals surface area contributed by atoms with Gasteiger partial charge in [-0.3, -0.25) is 9.78 Å². The van der Waals surface area contributed by atoms with Crippen molar-refractivity contribution in [1.82, 2.24) is 4.98 Å². The quantitative estimate of drug-likeness (QED) is 0.379. The fourth-order valence-electron chi connectivity index (χ4n) is 5.57. The Morgan fingerprint density at radius 2 is 1.75 bits per heavy atom. The van der Waals surface area contributed by atoms with Gasteiger partial charge in [0.25, 0.3) is 0 Å². The van der Waals surface area contributed by atoms with Crippen LogP contribution in [0.25, 0.3) is 10.9 Å². The molecule has 0 radical (unpaired) electrons. The fraction of sp³-hybridized carbons (Fsp3) is 0.200. The highest BCUT2D eigenvalue weighted by atomic mass is 16.5. The zero-order valence-corrected chi connectivity index (χ0v) is 20.1. The molecule has 2 heterocycles. The SMILES string of the molecule is COc1ccc(C2CC(=O)C3=C(C2)Nc2c(ccc4ncccc24)C3c2ccc(O)c(OC)c2)cc1. The van der Waals surface area contributed by atoms with Crippen LogP contribution in [-0.4, -0.2) is 30.1 Å². The molecule has 2 N–H and O–H groups in total. The molecule has 2 aliphatic rings. The molecule has 2 unspecified atom stereocenters. The highest BCUT2D eigenvalue weighted by Gasteiger charge is 2.39. The lowest BCUT2D eigenvalue weighted by molar-refractivity contribution is -0.116. The number of nitrogens with one attached hydrogen (secondary N) is 1. The molecule has 1 aliphatic carbocycles. The first kappa shape index (κ1) is 22.2. The predicted octanol–water partition coefficient (Wildman–Crippen LogP) is 5.92. The van der Waals surface area contributed by atoms with Crippen molar-refractivity contribution in [3.63, 3.8) is 0 Å². The number of aromatic nitrogens is 1. The van der Waals surface area contributed by atoms with Crippen LogP contribution >= 0.6 is 0 Å². The van der Waals surface area contributed by atoms with Crippen LogP contribution in [0.5, 0.6) is 17.2 Å². The Balaban J connectivity index is 1.51. The number of pyridine rings is 1. The summed E-state index contributed by atoms with van der Waals surface area (Å²) in [7, 11) is 3.18. The minimum absolute atomic E-state index is 0.0688. The number of ether oxygens (including phenoxy) is 2. The third kappa shape index (κ3) is 3.57. The summed E-state index contributed by atoms with van der Waals surface area (Å²) < 4.78 is 10.7. The van der Waals surface area contributed by atoms with Gasteiger partial charge in [0, 0.05) is 35.2 Å². The maximum absolute atomic E-state index is 13.8. The molecule has 4 aromatic rings. The van der Waals surface area contributed by atoms with E-state index in [0.717, 1.165) is 56.7 Å². The van der Waals surface area contributed by atoms with Gasteiger partial charge in [-0.05, 0) is 71.5 Å². The monoisotopic (exact) mass is 478 g/mol. The maximum Gasteiger partial charge on any atom is 0.162 e. The van der Waals surface area contributed by atoms with Crippen LogP contribution in [0.15, 0.2) is 84.2 Å². The van der Waals surface area contributed by atoms with E-state index in [2.05, 4.69) is 16.4 Å². The number of hydrogen-bond donors (Lipinski definition) is 2. The van der Waals surface area contributed by atoms with Gasteiger partial charge in [-0.2, -0.15) is 0 Å². The van der Waals surface area contributed by atoms with Crippen molar-refractivity contribution >= 4 is 22.4 Å². The van der Waals surface area contributed by atoms with Crippen molar-refractivity contribution in [2.75, 3.05) is 19.5 Å². The number of rotatable bonds is 4. The van der Waals surface area contributed by atoms with Crippen molar-refractivity contribution in [1.29, 1.82) is 0 Å². The summed E-state index contributed by atoms with van der Waals surface area (Å²) in [5.41, 5.74) is 6.61. The third-order valence-corrected chi connectivity index (χ3v) is 7.33. The molecule has 2 atom stereocenters. The van der Waals surface area contributed by atoms with Crippen LogP contribution in [0.4, 0.5) is 5.69 Å². The molecule has 1 aromatic heterocycles. The normalized spacial score (nSPS) is 18.9. The number of methoxy groups -OCH3 is 2. The molecule has 1 aliphatic heterocycles. The van der Waals surface area contributed by atoms with Gasteiger partial charge in [-0.1, -0.05) is 24.3 Å². The standard InChI is InChI=1S/C30H26N2O4/c1-35-20-8-5-17(6-9-20)19-14-24-29(26(34)15-19)28(18-7-12-25(33)27(16-18)36-2)22-10-11-23-21(30(22)32-24)4-3-13-31-23/h3-13,16,19,28,32-33H,14-15H2,1-2H3. The summed E-state index contributed by atoms with van der Waals surface area (Å²) in [6, 6.07) is 21.3. The lowest BCUT2D eigenvalue weighted by atomic mass is 9.71. The maximum atomic E-state index is 13.8. The van der Waals surface area contributed by atoms with E-state index in [1.54, 1.807) is 19.4 Å². The van der Waals surface area contributed by atoms with Gasteiger partial charge in [-0.15, -0.1) is 0 Å². The number of phenolic OH excluding ortho intramolecular Hbond substituents is 1. The molecule has 0 amide bonds. The summed E-state index contributed by atoms with van der Waals surface area (Å²) in [5, 5.41) is 14.9. The summed E-state index contributed by atoms with van der Waals surface area (Å²) in [6.07, 6.45) is 2.94. The zero-order valence-electron chi connectivity index (χ0n) is 20.1. The smallest absolute Gasteiger partial charge is 0.162 e. The van der Waals surface area contributed by atoms with Gasteiger partial charge in [0.2, 0.25) is 0 Å². The number of phenols is 1. The van der Waals surface area contributed by atoms with Gasteiger partial charge in [0.1, 0.15) is 5.75 Å². The number of carbonyl (C=O) groups excluding carboxylic acids is 1. The van der Waals surface area contributed by atoms with E-state index in [-0.39, 0.29) is 23.4 Å². The first-order chi connectivity index (χ1) is 17.6. The lowest BCUT2D eigenvalue weighted by Gasteiger charge is -2.37. The van der Waals surface area contributed by atoms with E-state index in [4.69, 9.17) is 9.47 Å². The Bertz CT molecular complexity index is 1520. The summed E-state index contributed by atoms with van der Waals surface area (Å²) in [5.74, 6) is 1.17. The topological polar surface area (TPSA) is 80.7 Å². The van der Waals surface area contributed by atoms with Crippen LogP contribution in [0, 0.1) is 0 Å². The number of benzene rings is 3. The van der Waals surface area contributed by atoms with Gasteiger partial charge in [-0.25, -0.2) is 0 Å². The first-order valence-corrected chi connectivity index (χ1v) is 12.0. The average Bonchev–Trinajstić information content (AvgIpc) is 2.92. The summed E-state index contributed by atoms with van der Waals surface area (Å²) >= 11 is 0. The van der Waals surface area contributed by atoms with Gasteiger partial charge in [0.05, 0.1) is 25.4 Å². The van der Waals surface area contributed by atoms with Crippen LogP contribution < -0.4 is 14.8 Å². The molecule has 36 heavy (non-hydrogen) atoms. The van der Waals surface area contributed by atoms with Crippen LogP contribution in [-0.2, 0) is 4.79 Å². The number of nitrogens with zero attached hydrogens (tertiary/aromatic N) is 1. The Kier molecular flexibility index (Phi) is 5.37. The molecule has 0 saturated carbocycles. The lowest BCUT2D eigenvalue weighted by Crippen LogP contribution is -2.30. The Morgan fingerprint density at radius 1 is 0.944 bits per heavy atom. The Hall–Kier alpha value is -4.32. The van der Waals surface area contributed by atoms with E-state index < -0.39 is 0 Å². The third-order valence-electron chi connectivity index (χ3n) is 7.33. The highest BCUT2D eigenvalue weighted by Crippen LogP contribution is 2.50. The second-order valence-electron chi connectivity index (χ2n) is 9.28. The van der Waals surface area contributed by atoms with E-state index in [0.29, 0.717) is 12.2 Å². The zero-order chi connectivity index (χ0) is 24.8. The minimum Gasteiger partial charge on any atom is -0.504 e. The minimum atomic E-state index is -0.278. The number of anilines is 1. The highest BCUT2D eigenvalue weighted by molar-refractivity contribution is 6.04. The molecular formula is C30H26N2O4. The Morgan fingerprint density at radius 3 is 2.53 bits per heavy atom. The van der Waals surface area contributed by atoms with E-state index in [1.165, 1.54) is 7.11 Å². The number of ketones is 1. The van der Waals surface area contributed by atoms with Crippen molar-refractivity contribution in [2.45, 2.75) is 24.7 Å². The molecule has 0 saturated heterocycles. The van der Waals surface area contributed by atoms with Crippen molar-refractivity contribution in [3.8, 4) is 17.2 Å². The Labute approximate surface area is 209 Å². The largest absolute Gasteiger partial charge is 0.504 e.